The number of aryl methyl sites for hydroxylation is 2. The summed E-state index contributed by atoms with van der Waals surface area (Å²) in [5.41, 5.74) is 4.39. The summed E-state index contributed by atoms with van der Waals surface area (Å²) in [4.78, 5) is 6.52. The van der Waals surface area contributed by atoms with Gasteiger partial charge in [-0.15, -0.1) is 0 Å². The van der Waals surface area contributed by atoms with Crippen molar-refractivity contribution in [1.82, 2.24) is 24.8 Å². The van der Waals surface area contributed by atoms with E-state index in [0.717, 1.165) is 23.6 Å². The molecule has 0 radical (unpaired) electrons. The maximum Gasteiger partial charge on any atom is 0.293 e. The number of rotatable bonds is 6. The topological polar surface area (TPSA) is 73.1 Å². The van der Waals surface area contributed by atoms with Gasteiger partial charge in [-0.1, -0.05) is 17.3 Å². The van der Waals surface area contributed by atoms with Gasteiger partial charge in [-0.3, -0.25) is 4.90 Å². The average molecular weight is 363 g/mol. The molecule has 0 saturated carbocycles. The van der Waals surface area contributed by atoms with Crippen LogP contribution in [0.2, 0.25) is 0 Å². The predicted octanol–water partition coefficient (Wildman–Crippen LogP) is 3.76. The molecule has 4 aromatic rings. The van der Waals surface area contributed by atoms with Gasteiger partial charge in [-0.25, -0.2) is 4.68 Å². The van der Waals surface area contributed by atoms with Crippen molar-refractivity contribution in [2.24, 2.45) is 0 Å². The second-order valence-electron chi connectivity index (χ2n) is 6.67. The van der Waals surface area contributed by atoms with E-state index in [2.05, 4.69) is 57.4 Å². The highest BCUT2D eigenvalue weighted by molar-refractivity contribution is 5.42. The lowest BCUT2D eigenvalue weighted by molar-refractivity contribution is 0.302. The standard InChI is InChI=1S/C20H21N5O2/c1-14-10-15(2)25(22-14)17-7-4-6-16(11-17)12-24(3)13-19-21-20(27-23-19)18-8-5-9-26-18/h4-11H,12-13H2,1-3H3. The van der Waals surface area contributed by atoms with Gasteiger partial charge in [-0.05, 0) is 56.8 Å². The Morgan fingerprint density at radius 1 is 1.07 bits per heavy atom. The van der Waals surface area contributed by atoms with Crippen LogP contribution in [0.4, 0.5) is 0 Å². The molecule has 0 unspecified atom stereocenters. The highest BCUT2D eigenvalue weighted by Gasteiger charge is 2.13. The maximum absolute atomic E-state index is 5.28. The molecule has 0 atom stereocenters. The van der Waals surface area contributed by atoms with Gasteiger partial charge in [0.25, 0.3) is 5.89 Å². The molecular weight excluding hydrogens is 342 g/mol. The van der Waals surface area contributed by atoms with Gasteiger partial charge < -0.3 is 8.94 Å². The second kappa shape index (κ2) is 7.20. The molecule has 1 aromatic carbocycles. The molecule has 0 bridgehead atoms. The summed E-state index contributed by atoms with van der Waals surface area (Å²) in [6.45, 7) is 5.40. The Kier molecular flexibility index (Phi) is 4.60. The lowest BCUT2D eigenvalue weighted by Crippen LogP contribution is -2.18. The average Bonchev–Trinajstić information content (AvgIpc) is 3.36. The summed E-state index contributed by atoms with van der Waals surface area (Å²) in [7, 11) is 2.03. The smallest absolute Gasteiger partial charge is 0.293 e. The van der Waals surface area contributed by atoms with Crippen LogP contribution in [0.1, 0.15) is 22.8 Å². The van der Waals surface area contributed by atoms with E-state index in [4.69, 9.17) is 8.94 Å². The third kappa shape index (κ3) is 3.83. The van der Waals surface area contributed by atoms with Crippen LogP contribution >= 0.6 is 0 Å². The molecule has 3 heterocycles. The maximum atomic E-state index is 5.28. The van der Waals surface area contributed by atoms with Gasteiger partial charge in [0, 0.05) is 12.2 Å². The van der Waals surface area contributed by atoms with Crippen molar-refractivity contribution < 1.29 is 8.94 Å². The van der Waals surface area contributed by atoms with Crippen LogP contribution in [0.3, 0.4) is 0 Å². The fraction of sp³-hybridized carbons (Fsp3) is 0.250. The molecule has 7 heteroatoms. The van der Waals surface area contributed by atoms with Crippen LogP contribution < -0.4 is 0 Å². The Bertz CT molecular complexity index is 1030. The van der Waals surface area contributed by atoms with Crippen molar-refractivity contribution in [3.8, 4) is 17.3 Å². The zero-order valence-electron chi connectivity index (χ0n) is 15.6. The molecule has 0 aliphatic carbocycles. The monoisotopic (exact) mass is 363 g/mol. The van der Waals surface area contributed by atoms with Crippen LogP contribution in [-0.2, 0) is 13.1 Å². The Balaban J connectivity index is 1.45. The lowest BCUT2D eigenvalue weighted by Gasteiger charge is -2.15. The van der Waals surface area contributed by atoms with Crippen molar-refractivity contribution >= 4 is 0 Å². The molecule has 0 amide bonds. The van der Waals surface area contributed by atoms with E-state index < -0.39 is 0 Å². The Morgan fingerprint density at radius 2 is 1.96 bits per heavy atom. The lowest BCUT2D eigenvalue weighted by atomic mass is 10.2. The summed E-state index contributed by atoms with van der Waals surface area (Å²) in [6.07, 6.45) is 1.58. The third-order valence-electron chi connectivity index (χ3n) is 4.23. The van der Waals surface area contributed by atoms with Crippen LogP contribution in [0.15, 0.2) is 57.7 Å². The van der Waals surface area contributed by atoms with E-state index >= 15 is 0 Å². The summed E-state index contributed by atoms with van der Waals surface area (Å²) in [5.74, 6) is 1.60. The van der Waals surface area contributed by atoms with Crippen molar-refractivity contribution in [1.29, 1.82) is 0 Å². The predicted molar refractivity (Wildman–Crippen MR) is 100 cm³/mol. The molecule has 138 valence electrons. The molecule has 0 N–H and O–H groups in total. The second-order valence-corrected chi connectivity index (χ2v) is 6.67. The molecule has 0 saturated heterocycles. The molecule has 4 rings (SSSR count). The summed E-state index contributed by atoms with van der Waals surface area (Å²) >= 11 is 0. The van der Waals surface area contributed by atoms with E-state index in [1.54, 1.807) is 18.4 Å². The fourth-order valence-electron chi connectivity index (χ4n) is 3.10. The first-order chi connectivity index (χ1) is 13.1. The fourth-order valence-corrected chi connectivity index (χ4v) is 3.10. The van der Waals surface area contributed by atoms with Gasteiger partial charge in [0.2, 0.25) is 0 Å². The zero-order valence-corrected chi connectivity index (χ0v) is 15.6. The molecular formula is C20H21N5O2. The number of furan rings is 1. The van der Waals surface area contributed by atoms with Gasteiger partial charge in [-0.2, -0.15) is 10.1 Å². The summed E-state index contributed by atoms with van der Waals surface area (Å²) < 4.78 is 12.5. The molecule has 0 aliphatic heterocycles. The SMILES string of the molecule is Cc1cc(C)n(-c2cccc(CN(C)Cc3noc(-c4ccco4)n3)c2)n1. The summed E-state index contributed by atoms with van der Waals surface area (Å²) in [6, 6.07) is 14.0. The quantitative estimate of drug-likeness (QED) is 0.519. The molecule has 0 fully saturated rings. The Labute approximate surface area is 157 Å². The van der Waals surface area contributed by atoms with Gasteiger partial charge in [0.1, 0.15) is 0 Å². The van der Waals surface area contributed by atoms with Crippen molar-refractivity contribution in [2.75, 3.05) is 7.05 Å². The number of nitrogens with zero attached hydrogens (tertiary/aromatic N) is 5. The van der Waals surface area contributed by atoms with Crippen molar-refractivity contribution in [2.45, 2.75) is 26.9 Å². The molecule has 7 nitrogen and oxygen atoms in total. The normalized spacial score (nSPS) is 11.4. The first kappa shape index (κ1) is 17.2. The Hall–Kier alpha value is -3.19. The highest BCUT2D eigenvalue weighted by atomic mass is 16.5. The number of aromatic nitrogens is 4. The number of benzene rings is 1. The van der Waals surface area contributed by atoms with Crippen molar-refractivity contribution in [3.05, 3.63) is 71.5 Å². The van der Waals surface area contributed by atoms with Crippen LogP contribution in [0.5, 0.6) is 0 Å². The van der Waals surface area contributed by atoms with Gasteiger partial charge in [0.05, 0.1) is 24.2 Å². The largest absolute Gasteiger partial charge is 0.459 e. The molecule has 0 spiro atoms. The minimum Gasteiger partial charge on any atom is -0.459 e. The number of hydrogen-bond donors (Lipinski definition) is 0. The number of hydrogen-bond acceptors (Lipinski definition) is 6. The van der Waals surface area contributed by atoms with Gasteiger partial charge >= 0.3 is 0 Å². The zero-order chi connectivity index (χ0) is 18.8. The van der Waals surface area contributed by atoms with Gasteiger partial charge in [0.15, 0.2) is 11.6 Å². The molecule has 3 aromatic heterocycles. The summed E-state index contributed by atoms with van der Waals surface area (Å²) in [5, 5.41) is 8.59. The third-order valence-corrected chi connectivity index (χ3v) is 4.23. The van der Waals surface area contributed by atoms with E-state index in [-0.39, 0.29) is 0 Å². The molecule has 27 heavy (non-hydrogen) atoms. The van der Waals surface area contributed by atoms with Crippen LogP contribution in [0, 0.1) is 13.8 Å². The van der Waals surface area contributed by atoms with E-state index in [1.807, 2.05) is 18.7 Å². The minimum atomic E-state index is 0.398. The Morgan fingerprint density at radius 3 is 2.70 bits per heavy atom. The highest BCUT2D eigenvalue weighted by Crippen LogP contribution is 2.18. The van der Waals surface area contributed by atoms with Crippen molar-refractivity contribution in [3.63, 3.8) is 0 Å². The first-order valence-corrected chi connectivity index (χ1v) is 8.76. The van der Waals surface area contributed by atoms with E-state index in [9.17, 15) is 0 Å². The van der Waals surface area contributed by atoms with E-state index in [1.165, 1.54) is 5.56 Å². The van der Waals surface area contributed by atoms with Crippen LogP contribution in [0.25, 0.3) is 17.3 Å². The molecule has 0 aliphatic rings. The van der Waals surface area contributed by atoms with Crippen LogP contribution in [-0.4, -0.2) is 31.9 Å². The van der Waals surface area contributed by atoms with E-state index in [0.29, 0.717) is 24.0 Å². The minimum absolute atomic E-state index is 0.398. The first-order valence-electron chi connectivity index (χ1n) is 8.76.